The molecule has 2 heterocycles. The molecule has 5 heteroatoms. The number of aromatic nitrogens is 1. The monoisotopic (exact) mass is 383 g/mol. The van der Waals surface area contributed by atoms with E-state index in [1.807, 2.05) is 0 Å². The lowest BCUT2D eigenvalue weighted by molar-refractivity contribution is 0.00578. The maximum atomic E-state index is 6.17. The van der Waals surface area contributed by atoms with Gasteiger partial charge < -0.3 is 9.31 Å². The summed E-state index contributed by atoms with van der Waals surface area (Å²) in [4.78, 5) is 0. The van der Waals surface area contributed by atoms with E-state index in [9.17, 15) is 0 Å². The highest BCUT2D eigenvalue weighted by atomic mass is 127. The van der Waals surface area contributed by atoms with Gasteiger partial charge in [-0.15, -0.1) is 0 Å². The molecular formula is C15H19BINO2. The van der Waals surface area contributed by atoms with Crippen LogP contribution < -0.4 is 5.46 Å². The average Bonchev–Trinajstić information content (AvgIpc) is 2.80. The Labute approximate surface area is 134 Å². The number of rotatable bonds is 1. The molecule has 2 aromatic rings. The van der Waals surface area contributed by atoms with Crippen LogP contribution in [0.15, 0.2) is 24.4 Å². The van der Waals surface area contributed by atoms with Crippen molar-refractivity contribution in [2.45, 2.75) is 45.8 Å². The van der Waals surface area contributed by atoms with Crippen molar-refractivity contribution in [3.63, 3.8) is 0 Å². The predicted octanol–water partition coefficient (Wildman–Crippen LogP) is 3.45. The van der Waals surface area contributed by atoms with E-state index in [1.165, 1.54) is 16.5 Å². The van der Waals surface area contributed by atoms with Crippen molar-refractivity contribution in [1.82, 2.24) is 2.78 Å². The molecule has 1 fully saturated rings. The quantitative estimate of drug-likeness (QED) is 0.557. The minimum Gasteiger partial charge on any atom is -0.399 e. The third-order valence-electron chi connectivity index (χ3n) is 4.55. The molecule has 1 aliphatic rings. The summed E-state index contributed by atoms with van der Waals surface area (Å²) in [6.07, 6.45) is 2.08. The molecule has 1 aromatic carbocycles. The smallest absolute Gasteiger partial charge is 0.399 e. The Kier molecular flexibility index (Phi) is 3.23. The Hall–Kier alpha value is -0.525. The van der Waals surface area contributed by atoms with Crippen molar-refractivity contribution in [3.8, 4) is 0 Å². The van der Waals surface area contributed by atoms with Crippen LogP contribution in [-0.4, -0.2) is 21.1 Å². The maximum absolute atomic E-state index is 6.17. The van der Waals surface area contributed by atoms with Gasteiger partial charge in [0.2, 0.25) is 0 Å². The molecule has 0 aliphatic carbocycles. The Morgan fingerprint density at radius 2 is 1.65 bits per heavy atom. The summed E-state index contributed by atoms with van der Waals surface area (Å²) in [6, 6.07) is 6.39. The van der Waals surface area contributed by atoms with Gasteiger partial charge in [-0.25, -0.2) is 0 Å². The van der Waals surface area contributed by atoms with Gasteiger partial charge in [-0.05, 0) is 51.7 Å². The van der Waals surface area contributed by atoms with Crippen LogP contribution in [0.4, 0.5) is 0 Å². The van der Waals surface area contributed by atoms with Gasteiger partial charge in [0.1, 0.15) is 0 Å². The SMILES string of the molecule is Cc1ccc(B2OC(C)(C)C(C)(C)O2)c2ccn(I)c12. The lowest BCUT2D eigenvalue weighted by Crippen LogP contribution is -2.41. The van der Waals surface area contributed by atoms with E-state index in [1.54, 1.807) is 0 Å². The van der Waals surface area contributed by atoms with E-state index in [-0.39, 0.29) is 18.3 Å². The zero-order chi connectivity index (χ0) is 14.7. The number of aryl methyl sites for hydroxylation is 1. The first kappa shape index (κ1) is 14.4. The molecule has 1 aliphatic heterocycles. The third kappa shape index (κ3) is 2.02. The highest BCUT2D eigenvalue weighted by molar-refractivity contribution is 14.1. The van der Waals surface area contributed by atoms with Crippen molar-refractivity contribution in [2.75, 3.05) is 0 Å². The van der Waals surface area contributed by atoms with Gasteiger partial charge in [0.25, 0.3) is 0 Å². The molecule has 1 aromatic heterocycles. The Balaban J connectivity index is 2.11. The average molecular weight is 383 g/mol. The first-order valence-electron chi connectivity index (χ1n) is 6.85. The molecule has 0 unspecified atom stereocenters. The van der Waals surface area contributed by atoms with Crippen LogP contribution in [0.1, 0.15) is 33.3 Å². The highest BCUT2D eigenvalue weighted by Gasteiger charge is 2.52. The number of benzene rings is 1. The fourth-order valence-corrected chi connectivity index (χ4v) is 3.38. The minimum atomic E-state index is -0.304. The van der Waals surface area contributed by atoms with Gasteiger partial charge in [0.05, 0.1) is 39.6 Å². The zero-order valence-corrected chi connectivity index (χ0v) is 14.7. The van der Waals surface area contributed by atoms with Crippen LogP contribution in [0.5, 0.6) is 0 Å². The molecular weight excluding hydrogens is 364 g/mol. The maximum Gasteiger partial charge on any atom is 0.495 e. The largest absolute Gasteiger partial charge is 0.495 e. The highest BCUT2D eigenvalue weighted by Crippen LogP contribution is 2.37. The molecule has 0 spiro atoms. The van der Waals surface area contributed by atoms with Crippen LogP contribution >= 0.6 is 22.9 Å². The molecule has 3 nitrogen and oxygen atoms in total. The van der Waals surface area contributed by atoms with Crippen LogP contribution in [0, 0.1) is 6.92 Å². The van der Waals surface area contributed by atoms with Crippen molar-refractivity contribution in [1.29, 1.82) is 0 Å². The number of halogens is 1. The molecule has 0 bridgehead atoms. The minimum absolute atomic E-state index is 0.304. The summed E-state index contributed by atoms with van der Waals surface area (Å²) >= 11 is 2.31. The Bertz CT molecular complexity index is 662. The molecule has 0 radical (unpaired) electrons. The van der Waals surface area contributed by atoms with E-state index >= 15 is 0 Å². The van der Waals surface area contributed by atoms with Crippen LogP contribution in [0.3, 0.4) is 0 Å². The Morgan fingerprint density at radius 1 is 1.05 bits per heavy atom. The van der Waals surface area contributed by atoms with E-state index in [4.69, 9.17) is 9.31 Å². The van der Waals surface area contributed by atoms with Crippen molar-refractivity contribution >= 4 is 46.3 Å². The standard InChI is InChI=1S/C15H19BINO2/c1-10-6-7-12(11-8-9-18(17)13(10)11)16-19-14(2,3)15(4,5)20-16/h6-9H,1-5H3. The number of hydrogen-bond acceptors (Lipinski definition) is 2. The summed E-state index contributed by atoms with van der Waals surface area (Å²) in [7, 11) is -0.304. The van der Waals surface area contributed by atoms with Gasteiger partial charge >= 0.3 is 7.12 Å². The van der Waals surface area contributed by atoms with Crippen molar-refractivity contribution in [2.24, 2.45) is 0 Å². The summed E-state index contributed by atoms with van der Waals surface area (Å²) < 4.78 is 14.5. The Morgan fingerprint density at radius 3 is 2.25 bits per heavy atom. The second-order valence-electron chi connectivity index (χ2n) is 6.45. The molecule has 106 valence electrons. The van der Waals surface area contributed by atoms with Gasteiger partial charge in [-0.3, -0.25) is 2.78 Å². The van der Waals surface area contributed by atoms with E-state index in [0.29, 0.717) is 0 Å². The number of fused-ring (bicyclic) bond motifs is 1. The topological polar surface area (TPSA) is 23.4 Å². The molecule has 3 rings (SSSR count). The second-order valence-corrected chi connectivity index (χ2v) is 7.49. The molecule has 0 atom stereocenters. The van der Waals surface area contributed by atoms with Crippen LogP contribution in [0.25, 0.3) is 10.9 Å². The fraction of sp³-hybridized carbons (Fsp3) is 0.467. The van der Waals surface area contributed by atoms with Gasteiger partial charge in [-0.1, -0.05) is 12.1 Å². The predicted molar refractivity (Wildman–Crippen MR) is 91.8 cm³/mol. The summed E-state index contributed by atoms with van der Waals surface area (Å²) in [6.45, 7) is 10.5. The van der Waals surface area contributed by atoms with E-state index in [0.717, 1.165) is 5.46 Å². The second kappa shape index (κ2) is 4.48. The first-order chi connectivity index (χ1) is 9.23. The van der Waals surface area contributed by atoms with E-state index in [2.05, 4.69) is 84.7 Å². The number of hydrogen-bond donors (Lipinski definition) is 0. The lowest BCUT2D eigenvalue weighted by atomic mass is 9.76. The summed E-state index contributed by atoms with van der Waals surface area (Å²) in [5, 5.41) is 1.21. The molecule has 0 amide bonds. The number of nitrogens with zero attached hydrogens (tertiary/aromatic N) is 1. The normalized spacial score (nSPS) is 20.8. The van der Waals surface area contributed by atoms with Gasteiger partial charge in [0, 0.05) is 11.6 Å². The van der Waals surface area contributed by atoms with Crippen molar-refractivity contribution < 1.29 is 9.31 Å². The van der Waals surface area contributed by atoms with Gasteiger partial charge in [-0.2, -0.15) is 0 Å². The molecule has 1 saturated heterocycles. The molecule has 20 heavy (non-hydrogen) atoms. The van der Waals surface area contributed by atoms with E-state index < -0.39 is 0 Å². The summed E-state index contributed by atoms with van der Waals surface area (Å²) in [5.41, 5.74) is 3.00. The van der Waals surface area contributed by atoms with Crippen LogP contribution in [0.2, 0.25) is 0 Å². The van der Waals surface area contributed by atoms with Crippen LogP contribution in [-0.2, 0) is 9.31 Å². The lowest BCUT2D eigenvalue weighted by Gasteiger charge is -2.32. The zero-order valence-electron chi connectivity index (χ0n) is 12.5. The molecule has 0 N–H and O–H groups in total. The van der Waals surface area contributed by atoms with Gasteiger partial charge in [0.15, 0.2) is 0 Å². The third-order valence-corrected chi connectivity index (χ3v) is 5.35. The first-order valence-corrected chi connectivity index (χ1v) is 7.82. The summed E-state index contributed by atoms with van der Waals surface area (Å²) in [5.74, 6) is 0. The fourth-order valence-electron chi connectivity index (χ4n) is 2.58. The van der Waals surface area contributed by atoms with Crippen molar-refractivity contribution in [3.05, 3.63) is 30.0 Å². The molecule has 0 saturated carbocycles.